The smallest absolute Gasteiger partial charge is 0.209 e. The molecule has 0 saturated heterocycles. The van der Waals surface area contributed by atoms with E-state index in [1.54, 1.807) is 0 Å². The van der Waals surface area contributed by atoms with E-state index in [0.717, 1.165) is 11.3 Å². The normalized spacial score (nSPS) is 12.7. The summed E-state index contributed by atoms with van der Waals surface area (Å²) >= 11 is 0. The average Bonchev–Trinajstić information content (AvgIpc) is 2.27. The van der Waals surface area contributed by atoms with Crippen LogP contribution in [0.15, 0.2) is 24.3 Å². The third-order valence-electron chi connectivity index (χ3n) is 2.65. The molecule has 0 atom stereocenters. The van der Waals surface area contributed by atoms with Crippen LogP contribution in [0.2, 0.25) is 0 Å². The summed E-state index contributed by atoms with van der Waals surface area (Å²) in [7, 11) is -3.20. The van der Waals surface area contributed by atoms with Gasteiger partial charge in [-0.1, -0.05) is 12.1 Å². The van der Waals surface area contributed by atoms with Crippen LogP contribution in [-0.4, -0.2) is 32.9 Å². The van der Waals surface area contributed by atoms with Crippen molar-refractivity contribution in [1.82, 2.24) is 10.0 Å². The maximum atomic E-state index is 11.3. The lowest BCUT2D eigenvalue weighted by Crippen LogP contribution is -2.49. The SMILES string of the molecule is CC(C)Oc1ccc(CNCC(C)(C)NS(C)(=O)=O)cc1. The quantitative estimate of drug-likeness (QED) is 0.769. The van der Waals surface area contributed by atoms with Crippen LogP contribution in [0.25, 0.3) is 0 Å². The minimum atomic E-state index is -3.20. The third-order valence-corrected chi connectivity index (χ3v) is 3.58. The van der Waals surface area contributed by atoms with E-state index in [2.05, 4.69) is 10.0 Å². The van der Waals surface area contributed by atoms with Gasteiger partial charge in [0.1, 0.15) is 5.75 Å². The van der Waals surface area contributed by atoms with E-state index < -0.39 is 15.6 Å². The fraction of sp³-hybridized carbons (Fsp3) is 0.600. The Morgan fingerprint density at radius 2 is 1.76 bits per heavy atom. The number of hydrogen-bond donors (Lipinski definition) is 2. The second kappa shape index (κ2) is 7.24. The zero-order chi connectivity index (χ0) is 16.1. The number of ether oxygens (including phenoxy) is 1. The first-order valence-corrected chi connectivity index (χ1v) is 8.92. The lowest BCUT2D eigenvalue weighted by Gasteiger charge is -2.25. The zero-order valence-corrected chi connectivity index (χ0v) is 14.3. The van der Waals surface area contributed by atoms with Crippen LogP contribution < -0.4 is 14.8 Å². The Morgan fingerprint density at radius 1 is 1.19 bits per heavy atom. The molecule has 1 aromatic rings. The van der Waals surface area contributed by atoms with Gasteiger partial charge in [-0.05, 0) is 45.4 Å². The Morgan fingerprint density at radius 3 is 2.24 bits per heavy atom. The molecule has 0 aliphatic heterocycles. The van der Waals surface area contributed by atoms with Crippen molar-refractivity contribution in [3.8, 4) is 5.75 Å². The zero-order valence-electron chi connectivity index (χ0n) is 13.4. The summed E-state index contributed by atoms with van der Waals surface area (Å²) < 4.78 is 30.7. The van der Waals surface area contributed by atoms with Crippen molar-refractivity contribution in [1.29, 1.82) is 0 Å². The van der Waals surface area contributed by atoms with Gasteiger partial charge in [-0.2, -0.15) is 0 Å². The van der Waals surface area contributed by atoms with Gasteiger partial charge in [0.2, 0.25) is 10.0 Å². The molecule has 0 saturated carbocycles. The standard InChI is InChI=1S/C15H26N2O3S/c1-12(2)20-14-8-6-13(7-9-14)10-16-11-15(3,4)17-21(5,18)19/h6-9,12,16-17H,10-11H2,1-5H3. The van der Waals surface area contributed by atoms with Gasteiger partial charge in [0.15, 0.2) is 0 Å². The summed E-state index contributed by atoms with van der Waals surface area (Å²) in [5, 5.41) is 3.26. The van der Waals surface area contributed by atoms with E-state index in [9.17, 15) is 8.42 Å². The van der Waals surface area contributed by atoms with E-state index in [-0.39, 0.29) is 6.10 Å². The number of sulfonamides is 1. The van der Waals surface area contributed by atoms with Crippen LogP contribution in [0, 0.1) is 0 Å². The van der Waals surface area contributed by atoms with E-state index >= 15 is 0 Å². The van der Waals surface area contributed by atoms with Crippen LogP contribution in [0.1, 0.15) is 33.3 Å². The summed E-state index contributed by atoms with van der Waals surface area (Å²) in [6, 6.07) is 7.89. The summed E-state index contributed by atoms with van der Waals surface area (Å²) in [5.74, 6) is 0.854. The molecule has 0 aromatic heterocycles. The lowest BCUT2D eigenvalue weighted by molar-refractivity contribution is 0.242. The molecule has 0 aliphatic carbocycles. The Balaban J connectivity index is 2.45. The Labute approximate surface area is 128 Å². The second-order valence-corrected chi connectivity index (χ2v) is 7.92. The molecular weight excluding hydrogens is 288 g/mol. The highest BCUT2D eigenvalue weighted by Gasteiger charge is 2.21. The molecule has 0 heterocycles. The molecule has 0 amide bonds. The first-order valence-electron chi connectivity index (χ1n) is 7.03. The van der Waals surface area contributed by atoms with E-state index in [1.165, 1.54) is 6.26 Å². The average molecular weight is 314 g/mol. The molecule has 0 spiro atoms. The van der Waals surface area contributed by atoms with Crippen LogP contribution in [0.4, 0.5) is 0 Å². The molecule has 1 aromatic carbocycles. The minimum absolute atomic E-state index is 0.164. The van der Waals surface area contributed by atoms with Crippen LogP contribution in [-0.2, 0) is 16.6 Å². The second-order valence-electron chi connectivity index (χ2n) is 6.17. The fourth-order valence-electron chi connectivity index (χ4n) is 2.02. The molecule has 0 radical (unpaired) electrons. The van der Waals surface area contributed by atoms with Gasteiger partial charge in [0.25, 0.3) is 0 Å². The maximum absolute atomic E-state index is 11.3. The molecule has 0 fully saturated rings. The number of benzene rings is 1. The molecule has 0 unspecified atom stereocenters. The molecule has 2 N–H and O–H groups in total. The topological polar surface area (TPSA) is 67.4 Å². The third kappa shape index (κ3) is 8.04. The molecule has 6 heteroatoms. The first-order chi connectivity index (χ1) is 9.57. The predicted molar refractivity (Wildman–Crippen MR) is 86.0 cm³/mol. The van der Waals surface area contributed by atoms with Crippen molar-refractivity contribution < 1.29 is 13.2 Å². The van der Waals surface area contributed by atoms with Crippen molar-refractivity contribution in [2.75, 3.05) is 12.8 Å². The molecular formula is C15H26N2O3S. The molecule has 120 valence electrons. The molecule has 0 bridgehead atoms. The number of nitrogens with one attached hydrogen (secondary N) is 2. The minimum Gasteiger partial charge on any atom is -0.491 e. The maximum Gasteiger partial charge on any atom is 0.209 e. The predicted octanol–water partition coefficient (Wildman–Crippen LogP) is 1.89. The largest absolute Gasteiger partial charge is 0.491 e. The highest BCUT2D eigenvalue weighted by atomic mass is 32.2. The van der Waals surface area contributed by atoms with Crippen molar-refractivity contribution in [2.24, 2.45) is 0 Å². The molecule has 0 aliphatic rings. The van der Waals surface area contributed by atoms with Crippen molar-refractivity contribution in [3.63, 3.8) is 0 Å². The lowest BCUT2D eigenvalue weighted by atomic mass is 10.1. The van der Waals surface area contributed by atoms with Gasteiger partial charge < -0.3 is 10.1 Å². The summed E-state index contributed by atoms with van der Waals surface area (Å²) in [6.07, 6.45) is 1.33. The fourth-order valence-corrected chi connectivity index (χ4v) is 3.09. The van der Waals surface area contributed by atoms with Gasteiger partial charge in [0.05, 0.1) is 12.4 Å². The Hall–Kier alpha value is -1.11. The summed E-state index contributed by atoms with van der Waals surface area (Å²) in [4.78, 5) is 0. The van der Waals surface area contributed by atoms with E-state index in [1.807, 2.05) is 52.0 Å². The Bertz CT molecular complexity index is 537. The van der Waals surface area contributed by atoms with Crippen LogP contribution >= 0.6 is 0 Å². The number of hydrogen-bond acceptors (Lipinski definition) is 4. The van der Waals surface area contributed by atoms with E-state index in [0.29, 0.717) is 13.1 Å². The highest BCUT2D eigenvalue weighted by molar-refractivity contribution is 7.88. The highest BCUT2D eigenvalue weighted by Crippen LogP contribution is 2.13. The summed E-state index contributed by atoms with van der Waals surface area (Å²) in [6.45, 7) is 8.90. The first kappa shape index (κ1) is 17.9. The van der Waals surface area contributed by atoms with E-state index in [4.69, 9.17) is 4.74 Å². The van der Waals surface area contributed by atoms with Crippen molar-refractivity contribution >= 4 is 10.0 Å². The molecule has 5 nitrogen and oxygen atoms in total. The molecule has 21 heavy (non-hydrogen) atoms. The molecule has 1 rings (SSSR count). The van der Waals surface area contributed by atoms with Crippen LogP contribution in [0.3, 0.4) is 0 Å². The van der Waals surface area contributed by atoms with Gasteiger partial charge in [0, 0.05) is 18.6 Å². The monoisotopic (exact) mass is 314 g/mol. The van der Waals surface area contributed by atoms with Crippen molar-refractivity contribution in [2.45, 2.75) is 45.9 Å². The van der Waals surface area contributed by atoms with Gasteiger partial charge in [-0.3, -0.25) is 0 Å². The Kier molecular flexibility index (Phi) is 6.19. The van der Waals surface area contributed by atoms with Gasteiger partial charge in [-0.15, -0.1) is 0 Å². The van der Waals surface area contributed by atoms with Crippen molar-refractivity contribution in [3.05, 3.63) is 29.8 Å². The van der Waals surface area contributed by atoms with Gasteiger partial charge in [-0.25, -0.2) is 13.1 Å². The summed E-state index contributed by atoms with van der Waals surface area (Å²) in [5.41, 5.74) is 0.607. The van der Waals surface area contributed by atoms with Gasteiger partial charge >= 0.3 is 0 Å². The van der Waals surface area contributed by atoms with Crippen LogP contribution in [0.5, 0.6) is 5.75 Å². The number of rotatable bonds is 8.